The van der Waals surface area contributed by atoms with Gasteiger partial charge in [-0.25, -0.2) is 0 Å². The molecule has 0 saturated carbocycles. The van der Waals surface area contributed by atoms with E-state index in [-0.39, 0.29) is 0 Å². The Hall–Kier alpha value is -1.11. The second kappa shape index (κ2) is 7.94. The summed E-state index contributed by atoms with van der Waals surface area (Å²) in [6.07, 6.45) is 2.53. The number of nitrogens with two attached hydrogens (primary N) is 1. The number of nitrogens with zero attached hydrogens (tertiary/aromatic N) is 3. The van der Waals surface area contributed by atoms with Crippen molar-refractivity contribution in [3.63, 3.8) is 0 Å². The minimum absolute atomic E-state index is 0.633. The van der Waals surface area contributed by atoms with Crippen LogP contribution in [0.1, 0.15) is 17.7 Å². The molecule has 0 aromatic carbocycles. The summed E-state index contributed by atoms with van der Waals surface area (Å²) in [5, 5.41) is 2.16. The molecule has 0 radical (unpaired) electrons. The summed E-state index contributed by atoms with van der Waals surface area (Å²) in [5.74, 6) is 1.33. The maximum atomic E-state index is 6.12. The highest BCUT2D eigenvalue weighted by molar-refractivity contribution is 7.09. The molecule has 0 amide bonds. The average molecular weight is 322 g/mol. The number of hydrogen-bond donors (Lipinski definition) is 1. The van der Waals surface area contributed by atoms with E-state index in [9.17, 15) is 0 Å². The standard InChI is InChI=1S/C16H26N4OS/c17-16(20-6-8-21-9-7-20)18-11-14-3-1-5-19(12-14)13-15-4-2-10-22-15/h2,4,10,14H,1,3,5-9,11-13H2,(H2,17,18). The molecule has 122 valence electrons. The Kier molecular flexibility index (Phi) is 5.70. The third-order valence-corrected chi connectivity index (χ3v) is 5.27. The van der Waals surface area contributed by atoms with E-state index in [1.54, 1.807) is 0 Å². The van der Waals surface area contributed by atoms with Crippen molar-refractivity contribution in [2.75, 3.05) is 45.9 Å². The molecule has 22 heavy (non-hydrogen) atoms. The van der Waals surface area contributed by atoms with Crippen molar-refractivity contribution in [3.05, 3.63) is 22.4 Å². The first-order chi connectivity index (χ1) is 10.8. The van der Waals surface area contributed by atoms with Gasteiger partial charge < -0.3 is 15.4 Å². The largest absolute Gasteiger partial charge is 0.378 e. The summed E-state index contributed by atoms with van der Waals surface area (Å²) in [6.45, 7) is 7.52. The monoisotopic (exact) mass is 322 g/mol. The molecule has 1 aromatic rings. The zero-order valence-electron chi connectivity index (χ0n) is 13.1. The molecule has 5 nitrogen and oxygen atoms in total. The molecule has 2 N–H and O–H groups in total. The molecule has 3 heterocycles. The number of ether oxygens (including phenoxy) is 1. The van der Waals surface area contributed by atoms with Crippen LogP contribution >= 0.6 is 11.3 Å². The third-order valence-electron chi connectivity index (χ3n) is 4.41. The number of piperidine rings is 1. The van der Waals surface area contributed by atoms with Crippen LogP contribution in [0.3, 0.4) is 0 Å². The number of morpholine rings is 1. The number of likely N-dealkylation sites (tertiary alicyclic amines) is 1. The van der Waals surface area contributed by atoms with Crippen molar-refractivity contribution in [1.29, 1.82) is 0 Å². The third kappa shape index (κ3) is 4.44. The van der Waals surface area contributed by atoms with E-state index in [0.29, 0.717) is 11.9 Å². The Morgan fingerprint density at radius 3 is 3.00 bits per heavy atom. The van der Waals surface area contributed by atoms with Gasteiger partial charge in [0.1, 0.15) is 0 Å². The van der Waals surface area contributed by atoms with Crippen molar-refractivity contribution in [2.24, 2.45) is 16.6 Å². The van der Waals surface area contributed by atoms with Gasteiger partial charge in [-0.05, 0) is 36.8 Å². The predicted molar refractivity (Wildman–Crippen MR) is 91.2 cm³/mol. The summed E-state index contributed by atoms with van der Waals surface area (Å²) in [5.41, 5.74) is 6.12. The Labute approximate surface area is 136 Å². The minimum Gasteiger partial charge on any atom is -0.378 e. The molecule has 0 spiro atoms. The maximum Gasteiger partial charge on any atom is 0.191 e. The summed E-state index contributed by atoms with van der Waals surface area (Å²) in [7, 11) is 0. The lowest BCUT2D eigenvalue weighted by molar-refractivity contribution is 0.0673. The van der Waals surface area contributed by atoms with Crippen LogP contribution in [-0.4, -0.2) is 61.7 Å². The van der Waals surface area contributed by atoms with Crippen LogP contribution in [0.5, 0.6) is 0 Å². The summed E-state index contributed by atoms with van der Waals surface area (Å²) >= 11 is 1.85. The van der Waals surface area contributed by atoms with Gasteiger partial charge in [-0.1, -0.05) is 6.07 Å². The first-order valence-electron chi connectivity index (χ1n) is 8.18. The molecule has 0 aliphatic carbocycles. The Bertz CT molecular complexity index is 471. The van der Waals surface area contributed by atoms with Crippen molar-refractivity contribution in [1.82, 2.24) is 9.80 Å². The fraction of sp³-hybridized carbons (Fsp3) is 0.688. The van der Waals surface area contributed by atoms with Crippen molar-refractivity contribution in [2.45, 2.75) is 19.4 Å². The van der Waals surface area contributed by atoms with Crippen LogP contribution in [-0.2, 0) is 11.3 Å². The summed E-state index contributed by atoms with van der Waals surface area (Å²) < 4.78 is 5.35. The molecule has 0 bridgehead atoms. The fourth-order valence-electron chi connectivity index (χ4n) is 3.18. The Morgan fingerprint density at radius 1 is 1.36 bits per heavy atom. The predicted octanol–water partition coefficient (Wildman–Crippen LogP) is 1.61. The molecule has 1 unspecified atom stereocenters. The zero-order chi connectivity index (χ0) is 15.2. The van der Waals surface area contributed by atoms with Crippen molar-refractivity contribution >= 4 is 17.3 Å². The number of hydrogen-bond acceptors (Lipinski definition) is 4. The molecule has 3 rings (SSSR count). The molecule has 2 aliphatic rings. The SMILES string of the molecule is NC(=NCC1CCCN(Cc2cccs2)C1)N1CCOCC1. The molecule has 2 fully saturated rings. The van der Waals surface area contributed by atoms with Crippen LogP contribution in [0.15, 0.2) is 22.5 Å². The van der Waals surface area contributed by atoms with E-state index in [1.165, 1.54) is 24.3 Å². The van der Waals surface area contributed by atoms with Crippen molar-refractivity contribution in [3.8, 4) is 0 Å². The number of rotatable bonds is 4. The number of thiophene rings is 1. The molecule has 2 aliphatic heterocycles. The minimum atomic E-state index is 0.633. The van der Waals surface area contributed by atoms with E-state index in [4.69, 9.17) is 10.5 Å². The summed E-state index contributed by atoms with van der Waals surface area (Å²) in [6, 6.07) is 4.36. The average Bonchev–Trinajstić information content (AvgIpc) is 3.07. The normalized spacial score (nSPS) is 24.6. The molecular weight excluding hydrogens is 296 g/mol. The van der Waals surface area contributed by atoms with Gasteiger partial charge in [-0.3, -0.25) is 9.89 Å². The van der Waals surface area contributed by atoms with Crippen LogP contribution in [0.25, 0.3) is 0 Å². The number of guanidine groups is 1. The lowest BCUT2D eigenvalue weighted by atomic mass is 9.98. The highest BCUT2D eigenvalue weighted by Gasteiger charge is 2.20. The zero-order valence-corrected chi connectivity index (χ0v) is 13.9. The quantitative estimate of drug-likeness (QED) is 0.676. The van der Waals surface area contributed by atoms with Gasteiger partial charge in [-0.2, -0.15) is 0 Å². The van der Waals surface area contributed by atoms with Gasteiger partial charge in [0.25, 0.3) is 0 Å². The van der Waals surface area contributed by atoms with Crippen LogP contribution in [0.2, 0.25) is 0 Å². The lowest BCUT2D eigenvalue weighted by Gasteiger charge is -2.32. The van der Waals surface area contributed by atoms with Crippen LogP contribution in [0.4, 0.5) is 0 Å². The topological polar surface area (TPSA) is 54.1 Å². The fourth-order valence-corrected chi connectivity index (χ4v) is 3.93. The van der Waals surface area contributed by atoms with Crippen LogP contribution in [0, 0.1) is 5.92 Å². The smallest absolute Gasteiger partial charge is 0.191 e. The molecule has 2 saturated heterocycles. The molecule has 6 heteroatoms. The Balaban J connectivity index is 1.47. The first kappa shape index (κ1) is 15.8. The van der Waals surface area contributed by atoms with E-state index < -0.39 is 0 Å². The van der Waals surface area contributed by atoms with E-state index in [1.807, 2.05) is 11.3 Å². The number of aliphatic imine (C=N–C) groups is 1. The van der Waals surface area contributed by atoms with Gasteiger partial charge in [0.15, 0.2) is 5.96 Å². The highest BCUT2D eigenvalue weighted by atomic mass is 32.1. The van der Waals surface area contributed by atoms with Crippen molar-refractivity contribution < 1.29 is 4.74 Å². The maximum absolute atomic E-state index is 6.12. The van der Waals surface area contributed by atoms with E-state index >= 15 is 0 Å². The second-order valence-electron chi connectivity index (χ2n) is 6.12. The lowest BCUT2D eigenvalue weighted by Crippen LogP contribution is -2.45. The van der Waals surface area contributed by atoms with Gasteiger partial charge >= 0.3 is 0 Å². The van der Waals surface area contributed by atoms with Gasteiger partial charge in [0.05, 0.1) is 13.2 Å². The first-order valence-corrected chi connectivity index (χ1v) is 9.06. The second-order valence-corrected chi connectivity index (χ2v) is 7.15. The highest BCUT2D eigenvalue weighted by Crippen LogP contribution is 2.20. The molecule has 1 atom stereocenters. The van der Waals surface area contributed by atoms with E-state index in [2.05, 4.69) is 32.3 Å². The van der Waals surface area contributed by atoms with Crippen LogP contribution < -0.4 is 5.73 Å². The van der Waals surface area contributed by atoms with Gasteiger partial charge in [0, 0.05) is 37.6 Å². The Morgan fingerprint density at radius 2 is 2.23 bits per heavy atom. The van der Waals surface area contributed by atoms with Gasteiger partial charge in [-0.15, -0.1) is 11.3 Å². The molecule has 1 aromatic heterocycles. The van der Waals surface area contributed by atoms with Gasteiger partial charge in [0.2, 0.25) is 0 Å². The van der Waals surface area contributed by atoms with E-state index in [0.717, 1.165) is 45.9 Å². The summed E-state index contributed by atoms with van der Waals surface area (Å²) in [4.78, 5) is 10.8. The molecular formula is C16H26N4OS.